The zero-order chi connectivity index (χ0) is 21.8. The highest BCUT2D eigenvalue weighted by Crippen LogP contribution is 2.36. The largest absolute Gasteiger partial charge is 0.497 e. The molecule has 2 amide bonds. The maximum atomic E-state index is 13.1. The fourth-order valence-corrected chi connectivity index (χ4v) is 4.28. The second-order valence-electron chi connectivity index (χ2n) is 7.82. The Morgan fingerprint density at radius 1 is 1.16 bits per heavy atom. The first-order valence-corrected chi connectivity index (χ1v) is 10.6. The topological polar surface area (TPSA) is 86.8 Å². The molecule has 4 rings (SSSR count). The molecule has 3 aromatic rings. The van der Waals surface area contributed by atoms with Crippen LogP contribution in [0.25, 0.3) is 10.9 Å². The van der Waals surface area contributed by atoms with Gasteiger partial charge in [0, 0.05) is 29.7 Å². The first-order valence-electron chi connectivity index (χ1n) is 10.6. The summed E-state index contributed by atoms with van der Waals surface area (Å²) in [4.78, 5) is 18.2. The maximum absolute atomic E-state index is 13.1. The second-order valence-corrected chi connectivity index (χ2v) is 7.82. The van der Waals surface area contributed by atoms with Crippen LogP contribution in [0.5, 0.6) is 11.5 Å². The molecule has 1 heterocycles. The molecule has 164 valence electrons. The molecule has 7 heteroatoms. The number of carbonyl (C=O) groups excluding carboxylic acids is 1. The van der Waals surface area contributed by atoms with Gasteiger partial charge in [0.2, 0.25) is 0 Å². The maximum Gasteiger partial charge on any atom is 0.318 e. The van der Waals surface area contributed by atoms with Crippen molar-refractivity contribution in [2.45, 2.75) is 31.8 Å². The number of nitrogens with one attached hydrogen (secondary N) is 2. The zero-order valence-corrected chi connectivity index (χ0v) is 18.0. The van der Waals surface area contributed by atoms with E-state index in [9.17, 15) is 9.90 Å². The average molecular weight is 424 g/mol. The Labute approximate surface area is 182 Å². The number of aryl methyl sites for hydroxylation is 1. The van der Waals surface area contributed by atoms with Crippen LogP contribution in [0, 0.1) is 0 Å². The van der Waals surface area contributed by atoms with Gasteiger partial charge in [0.05, 0.1) is 26.9 Å². The molecule has 0 radical (unpaired) electrons. The molecule has 0 aliphatic heterocycles. The highest BCUT2D eigenvalue weighted by Gasteiger charge is 2.27. The number of fused-ring (bicyclic) bond motifs is 3. The van der Waals surface area contributed by atoms with Crippen LogP contribution in [0.1, 0.15) is 35.7 Å². The van der Waals surface area contributed by atoms with E-state index < -0.39 is 0 Å². The number of aliphatic hydroxyl groups excluding tert-OH is 1. The lowest BCUT2D eigenvalue weighted by Gasteiger charge is -2.28. The summed E-state index contributed by atoms with van der Waals surface area (Å²) in [5.41, 5.74) is 4.34. The SMILES string of the molecule is COc1ccc(CN(CCO)C(=O)NC2CCCc3c2[nH]c2ccc(OC)cc32)cc1. The first kappa shape index (κ1) is 21.1. The predicted molar refractivity (Wildman–Crippen MR) is 120 cm³/mol. The molecule has 1 aliphatic rings. The summed E-state index contributed by atoms with van der Waals surface area (Å²) in [5.74, 6) is 1.60. The molecule has 31 heavy (non-hydrogen) atoms. The minimum Gasteiger partial charge on any atom is -0.497 e. The van der Waals surface area contributed by atoms with E-state index in [4.69, 9.17) is 9.47 Å². The van der Waals surface area contributed by atoms with Gasteiger partial charge in [0.1, 0.15) is 11.5 Å². The van der Waals surface area contributed by atoms with Crippen molar-refractivity contribution in [1.82, 2.24) is 15.2 Å². The van der Waals surface area contributed by atoms with Crippen LogP contribution in [0.15, 0.2) is 42.5 Å². The summed E-state index contributed by atoms with van der Waals surface area (Å²) in [6, 6.07) is 13.3. The van der Waals surface area contributed by atoms with Gasteiger partial charge in [-0.2, -0.15) is 0 Å². The number of aromatic amines is 1. The Kier molecular flexibility index (Phi) is 6.32. The van der Waals surface area contributed by atoms with Gasteiger partial charge < -0.3 is 29.8 Å². The van der Waals surface area contributed by atoms with Crippen LogP contribution < -0.4 is 14.8 Å². The third-order valence-corrected chi connectivity index (χ3v) is 5.90. The number of methoxy groups -OCH3 is 2. The van der Waals surface area contributed by atoms with Crippen molar-refractivity contribution in [3.8, 4) is 11.5 Å². The van der Waals surface area contributed by atoms with Crippen molar-refractivity contribution >= 4 is 16.9 Å². The monoisotopic (exact) mass is 423 g/mol. The highest BCUT2D eigenvalue weighted by atomic mass is 16.5. The van der Waals surface area contributed by atoms with E-state index in [1.54, 1.807) is 19.1 Å². The quantitative estimate of drug-likeness (QED) is 0.540. The summed E-state index contributed by atoms with van der Waals surface area (Å²) < 4.78 is 10.6. The van der Waals surface area contributed by atoms with Crippen molar-refractivity contribution in [2.24, 2.45) is 0 Å². The van der Waals surface area contributed by atoms with Crippen molar-refractivity contribution in [3.63, 3.8) is 0 Å². The number of amides is 2. The highest BCUT2D eigenvalue weighted by molar-refractivity contribution is 5.87. The minimum atomic E-state index is -0.182. The van der Waals surface area contributed by atoms with Crippen molar-refractivity contribution in [3.05, 3.63) is 59.3 Å². The Balaban J connectivity index is 1.52. The predicted octanol–water partition coefficient (Wildman–Crippen LogP) is 3.77. The van der Waals surface area contributed by atoms with Gasteiger partial charge in [0.25, 0.3) is 0 Å². The first-order chi connectivity index (χ1) is 15.1. The Bertz CT molecular complexity index is 1040. The minimum absolute atomic E-state index is 0.0910. The fourth-order valence-electron chi connectivity index (χ4n) is 4.28. The number of aliphatic hydroxyl groups is 1. The standard InChI is InChI=1S/C24H29N3O4/c1-30-17-8-6-16(7-9-17)15-27(12-13-28)24(29)26-22-5-3-4-19-20-14-18(31-2)10-11-21(20)25-23(19)22/h6-11,14,22,25,28H,3-5,12-13,15H2,1-2H3,(H,26,29). The number of carbonyl (C=O) groups is 1. The summed E-state index contributed by atoms with van der Waals surface area (Å²) in [5, 5.41) is 13.8. The molecular formula is C24H29N3O4. The van der Waals surface area contributed by atoms with Gasteiger partial charge in [-0.3, -0.25) is 0 Å². The van der Waals surface area contributed by atoms with E-state index in [0.717, 1.165) is 52.9 Å². The van der Waals surface area contributed by atoms with Gasteiger partial charge in [0.15, 0.2) is 0 Å². The van der Waals surface area contributed by atoms with Crippen LogP contribution in [-0.4, -0.2) is 48.4 Å². The van der Waals surface area contributed by atoms with Crippen molar-refractivity contribution < 1.29 is 19.4 Å². The van der Waals surface area contributed by atoms with Gasteiger partial charge in [-0.25, -0.2) is 4.79 Å². The Morgan fingerprint density at radius 3 is 2.61 bits per heavy atom. The fraction of sp³-hybridized carbons (Fsp3) is 0.375. The van der Waals surface area contributed by atoms with Gasteiger partial charge in [-0.15, -0.1) is 0 Å². The molecule has 0 spiro atoms. The molecule has 0 bridgehead atoms. The smallest absolute Gasteiger partial charge is 0.318 e. The molecule has 1 aliphatic carbocycles. The van der Waals surface area contributed by atoms with Gasteiger partial charge in [-0.05, 0) is 60.7 Å². The van der Waals surface area contributed by atoms with E-state index in [1.165, 1.54) is 5.56 Å². The van der Waals surface area contributed by atoms with E-state index in [-0.39, 0.29) is 25.2 Å². The third-order valence-electron chi connectivity index (χ3n) is 5.90. The molecular weight excluding hydrogens is 394 g/mol. The van der Waals surface area contributed by atoms with Crippen molar-refractivity contribution in [2.75, 3.05) is 27.4 Å². The zero-order valence-electron chi connectivity index (χ0n) is 18.0. The summed E-state index contributed by atoms with van der Waals surface area (Å²) in [6.45, 7) is 0.590. The van der Waals surface area contributed by atoms with Gasteiger partial charge >= 0.3 is 6.03 Å². The lowest BCUT2D eigenvalue weighted by Crippen LogP contribution is -2.43. The Morgan fingerprint density at radius 2 is 1.90 bits per heavy atom. The summed E-state index contributed by atoms with van der Waals surface area (Å²) >= 11 is 0. The number of hydrogen-bond donors (Lipinski definition) is 3. The molecule has 1 atom stereocenters. The van der Waals surface area contributed by atoms with E-state index in [1.807, 2.05) is 36.4 Å². The molecule has 1 unspecified atom stereocenters. The molecule has 3 N–H and O–H groups in total. The number of H-pyrrole nitrogens is 1. The molecule has 0 fully saturated rings. The van der Waals surface area contributed by atoms with Crippen LogP contribution >= 0.6 is 0 Å². The average Bonchev–Trinajstić information content (AvgIpc) is 3.18. The van der Waals surface area contributed by atoms with Crippen LogP contribution in [0.2, 0.25) is 0 Å². The van der Waals surface area contributed by atoms with Crippen LogP contribution in [0.3, 0.4) is 0 Å². The second kappa shape index (κ2) is 9.31. The number of benzene rings is 2. The van der Waals surface area contributed by atoms with E-state index in [2.05, 4.69) is 16.4 Å². The van der Waals surface area contributed by atoms with Crippen LogP contribution in [0.4, 0.5) is 4.79 Å². The summed E-state index contributed by atoms with van der Waals surface area (Å²) in [7, 11) is 3.29. The molecule has 0 saturated heterocycles. The lowest BCUT2D eigenvalue weighted by atomic mass is 9.91. The lowest BCUT2D eigenvalue weighted by molar-refractivity contribution is 0.169. The molecule has 7 nitrogen and oxygen atoms in total. The van der Waals surface area contributed by atoms with Crippen LogP contribution in [-0.2, 0) is 13.0 Å². The normalized spacial score (nSPS) is 15.4. The molecule has 2 aromatic carbocycles. The number of hydrogen-bond acceptors (Lipinski definition) is 4. The molecule has 1 aromatic heterocycles. The number of rotatable bonds is 7. The van der Waals surface area contributed by atoms with Gasteiger partial charge in [-0.1, -0.05) is 12.1 Å². The number of nitrogens with zero attached hydrogens (tertiary/aromatic N) is 1. The summed E-state index contributed by atoms with van der Waals surface area (Å²) in [6.07, 6.45) is 2.85. The molecule has 0 saturated carbocycles. The van der Waals surface area contributed by atoms with E-state index >= 15 is 0 Å². The number of urea groups is 1. The van der Waals surface area contributed by atoms with E-state index in [0.29, 0.717) is 6.54 Å². The van der Waals surface area contributed by atoms with Crippen molar-refractivity contribution in [1.29, 1.82) is 0 Å². The Hall–Kier alpha value is -3.19. The number of ether oxygens (including phenoxy) is 2. The third kappa shape index (κ3) is 4.46. The number of aromatic nitrogens is 1.